The Morgan fingerprint density at radius 2 is 1.19 bits per heavy atom. The second kappa shape index (κ2) is 6.57. The Hall–Kier alpha value is -2.88. The summed E-state index contributed by atoms with van der Waals surface area (Å²) in [5.74, 6) is 1.78. The van der Waals surface area contributed by atoms with Crippen LogP contribution in [0.3, 0.4) is 0 Å². The van der Waals surface area contributed by atoms with Crippen LogP contribution in [-0.4, -0.2) is 0 Å². The third-order valence-electron chi connectivity index (χ3n) is 6.85. The van der Waals surface area contributed by atoms with E-state index in [9.17, 15) is 0 Å². The summed E-state index contributed by atoms with van der Waals surface area (Å²) in [7, 11) is 0. The van der Waals surface area contributed by atoms with Crippen molar-refractivity contribution in [2.24, 2.45) is 0 Å². The van der Waals surface area contributed by atoms with E-state index in [1.165, 1.54) is 44.2 Å². The molecule has 0 bridgehead atoms. The minimum atomic E-state index is -0.430. The lowest BCUT2D eigenvalue weighted by Gasteiger charge is -2.39. The zero-order valence-corrected chi connectivity index (χ0v) is 20.1. The molecule has 1 spiro atoms. The van der Waals surface area contributed by atoms with Crippen LogP contribution < -0.4 is 4.74 Å². The molecule has 0 atom stereocenters. The Bertz CT molecular complexity index is 1530. The molecule has 7 rings (SSSR count). The molecule has 0 unspecified atom stereocenters. The molecule has 1 aliphatic carbocycles. The van der Waals surface area contributed by atoms with Crippen LogP contribution in [0.25, 0.3) is 21.9 Å². The highest BCUT2D eigenvalue weighted by Gasteiger charge is 2.51. The normalized spacial score (nSPS) is 14.4. The molecule has 0 N–H and O–H groups in total. The lowest BCUT2D eigenvalue weighted by molar-refractivity contribution is 0.435. The first kappa shape index (κ1) is 18.7. The molecule has 0 saturated carbocycles. The van der Waals surface area contributed by atoms with Crippen molar-refractivity contribution in [3.8, 4) is 22.6 Å². The molecule has 0 amide bonds. The van der Waals surface area contributed by atoms with Crippen LogP contribution in [0.4, 0.5) is 0 Å². The van der Waals surface area contributed by atoms with Gasteiger partial charge in [0, 0.05) is 20.1 Å². The number of hydrogen-bond donors (Lipinski definition) is 0. The largest absolute Gasteiger partial charge is 0.457 e. The lowest BCUT2D eigenvalue weighted by atomic mass is 9.66. The monoisotopic (exact) mass is 538 g/mol. The topological polar surface area (TPSA) is 9.23 Å². The highest BCUT2D eigenvalue weighted by atomic mass is 79.9. The molecule has 32 heavy (non-hydrogen) atoms. The predicted molar refractivity (Wildman–Crippen MR) is 137 cm³/mol. The summed E-state index contributed by atoms with van der Waals surface area (Å²) < 4.78 is 8.50. The summed E-state index contributed by atoms with van der Waals surface area (Å²) in [6.45, 7) is 0. The van der Waals surface area contributed by atoms with E-state index in [4.69, 9.17) is 4.74 Å². The van der Waals surface area contributed by atoms with E-state index in [0.29, 0.717) is 0 Å². The predicted octanol–water partition coefficient (Wildman–Crippen LogP) is 8.83. The molecule has 0 aromatic heterocycles. The van der Waals surface area contributed by atoms with Crippen molar-refractivity contribution in [1.82, 2.24) is 0 Å². The van der Waals surface area contributed by atoms with Gasteiger partial charge in [0.2, 0.25) is 0 Å². The molecular formula is C29H16Br2O. The Morgan fingerprint density at radius 1 is 0.562 bits per heavy atom. The molecule has 5 aromatic rings. The quantitative estimate of drug-likeness (QED) is 0.187. The van der Waals surface area contributed by atoms with Crippen LogP contribution in [0, 0.1) is 0 Å². The third-order valence-corrected chi connectivity index (χ3v) is 7.84. The number of hydrogen-bond acceptors (Lipinski definition) is 1. The molecule has 1 heterocycles. The van der Waals surface area contributed by atoms with E-state index >= 15 is 0 Å². The van der Waals surface area contributed by atoms with Crippen LogP contribution in [0.2, 0.25) is 0 Å². The van der Waals surface area contributed by atoms with Crippen molar-refractivity contribution in [2.45, 2.75) is 5.41 Å². The van der Waals surface area contributed by atoms with Crippen molar-refractivity contribution in [2.75, 3.05) is 0 Å². The van der Waals surface area contributed by atoms with Crippen molar-refractivity contribution in [3.05, 3.63) is 128 Å². The minimum Gasteiger partial charge on any atom is -0.457 e. The molecule has 5 aromatic carbocycles. The molecule has 1 aliphatic heterocycles. The highest BCUT2D eigenvalue weighted by molar-refractivity contribution is 9.10. The van der Waals surface area contributed by atoms with Gasteiger partial charge in [0.05, 0.1) is 5.41 Å². The van der Waals surface area contributed by atoms with Crippen LogP contribution in [0.15, 0.2) is 106 Å². The van der Waals surface area contributed by atoms with Gasteiger partial charge in [0.25, 0.3) is 0 Å². The number of rotatable bonds is 0. The smallest absolute Gasteiger partial charge is 0.133 e. The number of ether oxygens (including phenoxy) is 1. The van der Waals surface area contributed by atoms with Gasteiger partial charge in [-0.3, -0.25) is 0 Å². The minimum absolute atomic E-state index is 0.430. The SMILES string of the molecule is Brc1ccc2c(c1)Oc1cc(Br)ccc1C21c2ccccc2-c2c1ccc1ccccc21. The number of benzene rings is 5. The molecular weight excluding hydrogens is 524 g/mol. The van der Waals surface area contributed by atoms with Gasteiger partial charge in [-0.15, -0.1) is 0 Å². The Labute approximate surface area is 202 Å². The summed E-state index contributed by atoms with van der Waals surface area (Å²) in [4.78, 5) is 0. The van der Waals surface area contributed by atoms with Crippen LogP contribution in [-0.2, 0) is 5.41 Å². The fourth-order valence-electron chi connectivity index (χ4n) is 5.67. The van der Waals surface area contributed by atoms with Crippen LogP contribution in [0.1, 0.15) is 22.3 Å². The average Bonchev–Trinajstić information content (AvgIpc) is 3.10. The highest BCUT2D eigenvalue weighted by Crippen LogP contribution is 2.63. The van der Waals surface area contributed by atoms with Crippen LogP contribution in [0.5, 0.6) is 11.5 Å². The van der Waals surface area contributed by atoms with E-state index in [1.807, 2.05) is 0 Å². The van der Waals surface area contributed by atoms with E-state index < -0.39 is 5.41 Å². The molecule has 0 fully saturated rings. The molecule has 0 radical (unpaired) electrons. The molecule has 2 aliphatic rings. The fourth-order valence-corrected chi connectivity index (χ4v) is 6.35. The van der Waals surface area contributed by atoms with E-state index in [-0.39, 0.29) is 0 Å². The maximum atomic E-state index is 6.48. The zero-order valence-electron chi connectivity index (χ0n) is 16.9. The molecule has 1 nitrogen and oxygen atoms in total. The summed E-state index contributed by atoms with van der Waals surface area (Å²) in [6, 6.07) is 35.0. The van der Waals surface area contributed by atoms with E-state index in [0.717, 1.165) is 20.4 Å². The maximum Gasteiger partial charge on any atom is 0.133 e. The van der Waals surface area contributed by atoms with Gasteiger partial charge in [-0.1, -0.05) is 105 Å². The van der Waals surface area contributed by atoms with Crippen LogP contribution >= 0.6 is 31.9 Å². The van der Waals surface area contributed by atoms with Gasteiger partial charge in [-0.2, -0.15) is 0 Å². The summed E-state index contributed by atoms with van der Waals surface area (Å²) in [6.07, 6.45) is 0. The summed E-state index contributed by atoms with van der Waals surface area (Å²) >= 11 is 7.30. The third kappa shape index (κ3) is 2.28. The first-order chi connectivity index (χ1) is 15.7. The van der Waals surface area contributed by atoms with Gasteiger partial charge >= 0.3 is 0 Å². The van der Waals surface area contributed by atoms with Crippen molar-refractivity contribution in [3.63, 3.8) is 0 Å². The van der Waals surface area contributed by atoms with E-state index in [2.05, 4.69) is 129 Å². The Kier molecular flexibility index (Phi) is 3.83. The number of fused-ring (bicyclic) bond motifs is 11. The fraction of sp³-hybridized carbons (Fsp3) is 0.0345. The second-order valence-corrected chi connectivity index (χ2v) is 10.2. The first-order valence-electron chi connectivity index (χ1n) is 10.6. The van der Waals surface area contributed by atoms with Gasteiger partial charge < -0.3 is 4.74 Å². The zero-order chi connectivity index (χ0) is 21.4. The maximum absolute atomic E-state index is 6.48. The molecule has 3 heteroatoms. The van der Waals surface area contributed by atoms with Crippen molar-refractivity contribution in [1.29, 1.82) is 0 Å². The lowest BCUT2D eigenvalue weighted by Crippen LogP contribution is -2.32. The van der Waals surface area contributed by atoms with Gasteiger partial charge in [0.15, 0.2) is 0 Å². The Morgan fingerprint density at radius 3 is 1.94 bits per heavy atom. The standard InChI is InChI=1S/C29H16Br2O/c30-18-10-13-23-26(15-18)32-27-16-19(31)11-14-24(27)29(23)22-8-4-3-7-21(22)28-20-6-2-1-5-17(20)9-12-25(28)29/h1-16H. The second-order valence-electron chi connectivity index (χ2n) is 8.39. The summed E-state index contributed by atoms with van der Waals surface area (Å²) in [5, 5.41) is 2.55. The van der Waals surface area contributed by atoms with Gasteiger partial charge in [0.1, 0.15) is 11.5 Å². The Balaban J connectivity index is 1.73. The van der Waals surface area contributed by atoms with Crippen molar-refractivity contribution < 1.29 is 4.74 Å². The molecule has 152 valence electrons. The first-order valence-corrected chi connectivity index (χ1v) is 12.2. The van der Waals surface area contributed by atoms with Gasteiger partial charge in [-0.25, -0.2) is 0 Å². The van der Waals surface area contributed by atoms with Crippen molar-refractivity contribution >= 4 is 42.6 Å². The van der Waals surface area contributed by atoms with Gasteiger partial charge in [-0.05, 0) is 57.3 Å². The number of halogens is 2. The summed E-state index contributed by atoms with van der Waals surface area (Å²) in [5.41, 5.74) is 7.16. The van der Waals surface area contributed by atoms with E-state index in [1.54, 1.807) is 0 Å². The average molecular weight is 540 g/mol. The molecule has 0 saturated heterocycles.